The molecule has 0 aliphatic rings. The predicted molar refractivity (Wildman–Crippen MR) is 497 cm³/mol. The fraction of sp³-hybridized carbons (Fsp3) is 0.439. The minimum atomic E-state index is -0.163. The minimum absolute atomic E-state index is 0.163. The van der Waals surface area contributed by atoms with Crippen LogP contribution in [0.4, 0.5) is 4.39 Å². The topological polar surface area (TPSA) is 0 Å². The Morgan fingerprint density at radius 1 is 0.282 bits per heavy atom. The monoisotopic (exact) mass is 1570 g/mol. The molecule has 0 aliphatic carbocycles. The number of hydrogen-bond acceptors (Lipinski definition) is 0. The van der Waals surface area contributed by atoms with E-state index in [0.29, 0.717) is 65.1 Å². The van der Waals surface area contributed by atoms with Crippen LogP contribution in [-0.4, -0.2) is 0 Å². The maximum atomic E-state index is 12.4. The first kappa shape index (κ1) is 101. The van der Waals surface area contributed by atoms with Crippen LogP contribution in [0.5, 0.6) is 0 Å². The largest absolute Gasteiger partial charge is 0.207 e. The number of benzene rings is 10. The van der Waals surface area contributed by atoms with Crippen LogP contribution in [0.2, 0.25) is 5.02 Å². The zero-order chi connectivity index (χ0) is 83.1. The molecule has 0 heterocycles. The van der Waals surface area contributed by atoms with E-state index in [4.69, 9.17) is 11.6 Å². The molecule has 3 heteroatoms. The van der Waals surface area contributed by atoms with Gasteiger partial charge in [0.2, 0.25) is 0 Å². The lowest BCUT2D eigenvalue weighted by Gasteiger charge is -2.19. The summed E-state index contributed by atoms with van der Waals surface area (Å²) in [7, 11) is 0. The van der Waals surface area contributed by atoms with E-state index in [2.05, 4.69) is 423 Å². The molecule has 0 atom stereocenters. The van der Waals surface area contributed by atoms with Gasteiger partial charge in [-0.15, -0.1) is 0 Å². The van der Waals surface area contributed by atoms with Crippen LogP contribution in [0.25, 0.3) is 0 Å². The molecule has 0 unspecified atom stereocenters. The highest BCUT2D eigenvalue weighted by Crippen LogP contribution is 2.26. The van der Waals surface area contributed by atoms with Crippen LogP contribution >= 0.6 is 27.5 Å². The SMILES string of the molecule is CC(C)c1ccc(Br)cc1.CC(C)c1ccc(C(C)(C)C)cc1.CC(C)c1ccc(C(C)C)cc1.CC(C)c1ccc(Cl)cc1.CC(C)c1ccc(F)cc1.CC(C)c1ccccc1.CCCCc1ccc(C(C)C)cc1.CCCc1ccc(C(C)C)cc1.CCc1ccc(C(C)C)cc1.Cc1ccc(C(C)C)cc1. The Kier molecular flexibility index (Phi) is 51.5. The van der Waals surface area contributed by atoms with Crippen molar-refractivity contribution in [2.75, 3.05) is 0 Å². The van der Waals surface area contributed by atoms with Crippen molar-refractivity contribution in [3.63, 3.8) is 0 Å². The first-order chi connectivity index (χ1) is 51.8. The maximum absolute atomic E-state index is 12.4. The Morgan fingerprint density at radius 3 is 0.782 bits per heavy atom. The average molecular weight is 1570 g/mol. The quantitative estimate of drug-likeness (QED) is 0.0852. The lowest BCUT2D eigenvalue weighted by Crippen LogP contribution is -2.10. The van der Waals surface area contributed by atoms with Crippen molar-refractivity contribution in [3.05, 3.63) is 353 Å². The predicted octanol–water partition coefficient (Wildman–Crippen LogP) is 35.2. The number of aryl methyl sites for hydroxylation is 4. The minimum Gasteiger partial charge on any atom is -0.207 e. The molecule has 0 aromatic heterocycles. The number of rotatable bonds is 17. The van der Waals surface area contributed by atoms with E-state index in [1.807, 2.05) is 30.3 Å². The van der Waals surface area contributed by atoms with Crippen LogP contribution in [-0.2, 0) is 24.7 Å². The molecule has 0 saturated carbocycles. The first-order valence-corrected chi connectivity index (χ1v) is 42.9. The molecule has 0 spiro atoms. The van der Waals surface area contributed by atoms with Crippen LogP contribution in [0, 0.1) is 12.7 Å². The van der Waals surface area contributed by atoms with Gasteiger partial charge in [0.15, 0.2) is 0 Å². The summed E-state index contributed by atoms with van der Waals surface area (Å²) in [6.07, 6.45) is 7.40. The molecule has 0 aliphatic heterocycles. The summed E-state index contributed by atoms with van der Waals surface area (Å²) < 4.78 is 13.5. The van der Waals surface area contributed by atoms with Gasteiger partial charge < -0.3 is 0 Å². The third-order valence-corrected chi connectivity index (χ3v) is 20.0. The van der Waals surface area contributed by atoms with Crippen molar-refractivity contribution >= 4 is 27.5 Å². The van der Waals surface area contributed by atoms with Gasteiger partial charge in [0.1, 0.15) is 5.82 Å². The van der Waals surface area contributed by atoms with Crippen molar-refractivity contribution in [3.8, 4) is 0 Å². The highest BCUT2D eigenvalue weighted by Gasteiger charge is 2.13. The second kappa shape index (κ2) is 56.2. The normalized spacial score (nSPS) is 10.8. The van der Waals surface area contributed by atoms with E-state index < -0.39 is 0 Å². The molecule has 0 radical (unpaired) electrons. The zero-order valence-corrected chi connectivity index (χ0v) is 76.7. The van der Waals surface area contributed by atoms with Gasteiger partial charge in [0, 0.05) is 9.50 Å². The van der Waals surface area contributed by atoms with E-state index in [1.54, 1.807) is 0 Å². The summed E-state index contributed by atoms with van der Waals surface area (Å²) in [5.41, 5.74) is 22.7. The van der Waals surface area contributed by atoms with Gasteiger partial charge in [-0.25, -0.2) is 4.39 Å². The molecule has 110 heavy (non-hydrogen) atoms. The zero-order valence-electron chi connectivity index (χ0n) is 74.4. The van der Waals surface area contributed by atoms with E-state index in [9.17, 15) is 4.39 Å². The third-order valence-electron chi connectivity index (χ3n) is 19.2. The molecule has 10 rings (SSSR count). The van der Waals surface area contributed by atoms with Crippen molar-refractivity contribution in [1.82, 2.24) is 0 Å². The fourth-order valence-corrected chi connectivity index (χ4v) is 11.3. The summed E-state index contributed by atoms with van der Waals surface area (Å²) in [4.78, 5) is 0. The Morgan fingerprint density at radius 2 is 0.518 bits per heavy atom. The summed E-state index contributed by atoms with van der Waals surface area (Å²) >= 11 is 9.11. The fourth-order valence-electron chi connectivity index (χ4n) is 10.9. The second-order valence-corrected chi connectivity index (χ2v) is 35.0. The maximum Gasteiger partial charge on any atom is 0.123 e. The van der Waals surface area contributed by atoms with Gasteiger partial charge in [-0.1, -0.05) is 452 Å². The molecule has 0 N–H and O–H groups in total. The second-order valence-electron chi connectivity index (χ2n) is 33.6. The lowest BCUT2D eigenvalue weighted by atomic mass is 9.86. The van der Waals surface area contributed by atoms with Gasteiger partial charge in [-0.05, 0) is 223 Å². The van der Waals surface area contributed by atoms with Gasteiger partial charge in [0.05, 0.1) is 0 Å². The molecule has 10 aromatic rings. The Bertz CT molecular complexity index is 3600. The van der Waals surface area contributed by atoms with Gasteiger partial charge in [-0.2, -0.15) is 0 Å². The van der Waals surface area contributed by atoms with Crippen molar-refractivity contribution in [2.45, 2.75) is 310 Å². The molecule has 0 nitrogen and oxygen atoms in total. The molecular formula is C107H151BrClF. The molecule has 0 fully saturated rings. The van der Waals surface area contributed by atoms with E-state index in [1.165, 1.54) is 133 Å². The van der Waals surface area contributed by atoms with Crippen molar-refractivity contribution in [2.24, 2.45) is 0 Å². The highest BCUT2D eigenvalue weighted by molar-refractivity contribution is 9.10. The molecule has 0 saturated heterocycles. The lowest BCUT2D eigenvalue weighted by molar-refractivity contribution is 0.589. The molecular weight excluding hydrogens is 1420 g/mol. The average Bonchev–Trinajstić information content (AvgIpc) is 0.838. The van der Waals surface area contributed by atoms with Gasteiger partial charge in [-0.3, -0.25) is 0 Å². The summed E-state index contributed by atoms with van der Waals surface area (Å²) in [6, 6.07) is 87.1. The Labute approximate surface area is 689 Å². The van der Waals surface area contributed by atoms with Gasteiger partial charge in [0.25, 0.3) is 0 Å². The number of hydrogen-bond donors (Lipinski definition) is 0. The van der Waals surface area contributed by atoms with E-state index in [0.717, 1.165) is 15.9 Å². The van der Waals surface area contributed by atoms with Crippen LogP contribution in [0.15, 0.2) is 253 Å². The Balaban J connectivity index is 0.000000612. The Hall–Kier alpha value is -7.10. The van der Waals surface area contributed by atoms with Crippen LogP contribution in [0.3, 0.4) is 0 Å². The third kappa shape index (κ3) is 44.8. The smallest absolute Gasteiger partial charge is 0.123 e. The van der Waals surface area contributed by atoms with Crippen LogP contribution < -0.4 is 0 Å². The summed E-state index contributed by atoms with van der Waals surface area (Å²) in [6.45, 7) is 64.0. The molecule has 600 valence electrons. The number of halogens is 3. The molecule has 0 bridgehead atoms. The highest BCUT2D eigenvalue weighted by atomic mass is 79.9. The summed E-state index contributed by atoms with van der Waals surface area (Å²) in [5, 5.41) is 0.810. The summed E-state index contributed by atoms with van der Waals surface area (Å²) in [5.74, 6) is 6.75. The van der Waals surface area contributed by atoms with E-state index >= 15 is 0 Å². The molecule has 0 amide bonds. The van der Waals surface area contributed by atoms with Crippen molar-refractivity contribution < 1.29 is 4.39 Å². The van der Waals surface area contributed by atoms with Crippen molar-refractivity contribution in [1.29, 1.82) is 0 Å². The standard InChI is InChI=1S/2C13H20.2C12H18.C11H16.C10H14.C9H11Br.C9H11Cl.C9H11F.C9H12/c1-10(2)11-6-8-12(9-7-11)13(3,4)5;1-4-5-6-12-7-9-13(10-8-12)11(2)3;1-9(2)11-5-7-12(8-6-11)10(3)4;1-4-5-11-6-8-12(9-7-11)10(2)3;1-4-10-5-7-11(8-6-10)9(2)3;1-8(2)10-6-4-9(3)5-7-10;3*1-7(2)8-3-5-9(10)6-4-8;1-8(2)9-6-4-3-5-7-9/h6-10H,1-5H3;7-11H,4-6H2,1-3H3;5-10H,1-4H3;6-10H,4-5H2,1-3H3;5-9H,4H2,1-3H3;4-8H,1-3H3;3*3-7H,1-2H3;3-8H,1-2H3. The van der Waals surface area contributed by atoms with E-state index in [-0.39, 0.29) is 11.2 Å². The first-order valence-electron chi connectivity index (χ1n) is 41.7. The van der Waals surface area contributed by atoms with Gasteiger partial charge >= 0.3 is 0 Å². The number of unbranched alkanes of at least 4 members (excludes halogenated alkanes) is 1. The molecule has 10 aromatic carbocycles. The van der Waals surface area contributed by atoms with Crippen LogP contribution in [0.1, 0.15) is 367 Å².